The largest absolute Gasteiger partial charge is 0.477 e. The van der Waals surface area contributed by atoms with Crippen molar-refractivity contribution >= 4 is 5.97 Å². The zero-order valence-electron chi connectivity index (χ0n) is 18.8. The Morgan fingerprint density at radius 1 is 0.639 bits per heavy atom. The van der Waals surface area contributed by atoms with Crippen LogP contribution in [0, 0.1) is 11.9 Å². The van der Waals surface area contributed by atoms with Crippen molar-refractivity contribution in [2.75, 3.05) is 0 Å². The van der Waals surface area contributed by atoms with Gasteiger partial charge in [-0.2, -0.15) is 13.8 Å². The topological polar surface area (TPSA) is 76.0 Å². The molecule has 0 fully saturated rings. The van der Waals surface area contributed by atoms with E-state index in [1.165, 1.54) is 12.1 Å². The van der Waals surface area contributed by atoms with Crippen molar-refractivity contribution in [1.82, 2.24) is 15.0 Å². The van der Waals surface area contributed by atoms with Gasteiger partial charge in [0, 0.05) is 0 Å². The fourth-order valence-corrected chi connectivity index (χ4v) is 4.43. The summed E-state index contributed by atoms with van der Waals surface area (Å²) < 4.78 is 28.1. The number of hydrogen-bond donors (Lipinski definition) is 1. The monoisotopic (exact) mass is 479 g/mol. The van der Waals surface area contributed by atoms with Gasteiger partial charge in [0.05, 0.1) is 22.6 Å². The van der Waals surface area contributed by atoms with Crippen LogP contribution < -0.4 is 0 Å². The van der Waals surface area contributed by atoms with Crippen molar-refractivity contribution in [2.45, 2.75) is 5.41 Å². The Labute approximate surface area is 205 Å². The van der Waals surface area contributed by atoms with Crippen molar-refractivity contribution in [3.63, 3.8) is 0 Å². The summed E-state index contributed by atoms with van der Waals surface area (Å²) in [4.78, 5) is 24.5. The Bertz CT molecular complexity index is 1500. The molecule has 5 nitrogen and oxygen atoms in total. The molecule has 1 N–H and O–H groups in total. The molecule has 0 atom stereocenters. The summed E-state index contributed by atoms with van der Waals surface area (Å²) in [7, 11) is 0. The summed E-state index contributed by atoms with van der Waals surface area (Å²) in [5.74, 6) is -3.06. The molecule has 7 heteroatoms. The van der Waals surface area contributed by atoms with Crippen LogP contribution in [0.2, 0.25) is 0 Å². The molecule has 5 aromatic rings. The molecule has 3 heterocycles. The highest BCUT2D eigenvalue weighted by atomic mass is 19.1. The van der Waals surface area contributed by atoms with E-state index in [0.717, 1.165) is 17.2 Å². The number of carboxylic acids is 1. The summed E-state index contributed by atoms with van der Waals surface area (Å²) in [5.41, 5.74) is 1.52. The highest BCUT2D eigenvalue weighted by Gasteiger charge is 2.41. The quantitative estimate of drug-likeness (QED) is 0.307. The van der Waals surface area contributed by atoms with Crippen molar-refractivity contribution in [2.24, 2.45) is 0 Å². The number of carboxylic acid groups (broad SMARTS) is 1. The standard InChI is InChI=1S/C29H19F2N3O2/c30-26-18-17-21(27(31)34-26)22-13-7-15-24(32-22)29(19-9-3-1-4-10-19,20-11-5-2-6-12-20)25-16-8-14-23(33-25)28(35)36/h1-18H,(H,35,36). The second kappa shape index (κ2) is 9.46. The maximum atomic E-state index is 14.6. The number of rotatable bonds is 6. The van der Waals surface area contributed by atoms with Gasteiger partial charge in [-0.3, -0.25) is 4.98 Å². The Morgan fingerprint density at radius 2 is 1.22 bits per heavy atom. The molecule has 0 spiro atoms. The first kappa shape index (κ1) is 23.0. The van der Waals surface area contributed by atoms with Gasteiger partial charge in [0.1, 0.15) is 11.1 Å². The SMILES string of the molecule is O=C(O)c1cccc(C(c2ccccc2)(c2ccccc2)c2cccc(-c3ccc(F)nc3F)n2)n1. The van der Waals surface area contributed by atoms with E-state index in [1.807, 2.05) is 60.7 Å². The third kappa shape index (κ3) is 4.01. The van der Waals surface area contributed by atoms with Gasteiger partial charge in [-0.1, -0.05) is 72.8 Å². The number of halogens is 2. The van der Waals surface area contributed by atoms with Crippen LogP contribution in [0.4, 0.5) is 8.78 Å². The van der Waals surface area contributed by atoms with E-state index in [4.69, 9.17) is 4.98 Å². The predicted octanol–water partition coefficient (Wildman–Crippen LogP) is 5.90. The fourth-order valence-electron chi connectivity index (χ4n) is 4.43. The molecule has 0 saturated heterocycles. The molecule has 36 heavy (non-hydrogen) atoms. The predicted molar refractivity (Wildman–Crippen MR) is 130 cm³/mol. The minimum absolute atomic E-state index is 0.0421. The van der Waals surface area contributed by atoms with Crippen molar-refractivity contribution in [1.29, 1.82) is 0 Å². The summed E-state index contributed by atoms with van der Waals surface area (Å²) in [6.07, 6.45) is 0. The van der Waals surface area contributed by atoms with Crippen LogP contribution in [0.1, 0.15) is 33.0 Å². The normalized spacial score (nSPS) is 11.3. The maximum absolute atomic E-state index is 14.6. The van der Waals surface area contributed by atoms with E-state index in [-0.39, 0.29) is 17.0 Å². The van der Waals surface area contributed by atoms with Crippen LogP contribution in [-0.2, 0) is 5.41 Å². The van der Waals surface area contributed by atoms with Crippen LogP contribution in [-0.4, -0.2) is 26.0 Å². The lowest BCUT2D eigenvalue weighted by atomic mass is 9.69. The van der Waals surface area contributed by atoms with Crippen molar-refractivity contribution < 1.29 is 18.7 Å². The number of nitrogens with zero attached hydrogens (tertiary/aromatic N) is 3. The second-order valence-corrected chi connectivity index (χ2v) is 8.08. The number of aromatic nitrogens is 3. The van der Waals surface area contributed by atoms with Gasteiger partial charge in [-0.25, -0.2) is 9.78 Å². The smallest absolute Gasteiger partial charge is 0.354 e. The molecule has 0 unspecified atom stereocenters. The molecule has 0 aliphatic carbocycles. The second-order valence-electron chi connectivity index (χ2n) is 8.08. The van der Waals surface area contributed by atoms with Crippen molar-refractivity contribution in [3.8, 4) is 11.3 Å². The number of hydrogen-bond acceptors (Lipinski definition) is 4. The van der Waals surface area contributed by atoms with Crippen LogP contribution in [0.3, 0.4) is 0 Å². The zero-order chi connectivity index (χ0) is 25.1. The van der Waals surface area contributed by atoms with E-state index < -0.39 is 23.3 Å². The lowest BCUT2D eigenvalue weighted by Gasteiger charge is -2.35. The molecule has 0 aliphatic rings. The van der Waals surface area contributed by atoms with Gasteiger partial charge < -0.3 is 5.11 Å². The third-order valence-corrected chi connectivity index (χ3v) is 5.99. The molecular formula is C29H19F2N3O2. The summed E-state index contributed by atoms with van der Waals surface area (Å²) >= 11 is 0. The van der Waals surface area contributed by atoms with E-state index >= 15 is 0 Å². The van der Waals surface area contributed by atoms with Gasteiger partial charge in [-0.15, -0.1) is 0 Å². The molecular weight excluding hydrogens is 460 g/mol. The Hall–Kier alpha value is -4.78. The van der Waals surface area contributed by atoms with E-state index in [9.17, 15) is 18.7 Å². The van der Waals surface area contributed by atoms with Crippen molar-refractivity contribution in [3.05, 3.63) is 149 Å². The highest BCUT2D eigenvalue weighted by Crippen LogP contribution is 2.44. The first-order chi connectivity index (χ1) is 17.5. The molecule has 0 bridgehead atoms. The first-order valence-electron chi connectivity index (χ1n) is 11.1. The Balaban J connectivity index is 1.87. The van der Waals surface area contributed by atoms with Crippen LogP contribution in [0.25, 0.3) is 11.3 Å². The zero-order valence-corrected chi connectivity index (χ0v) is 18.8. The number of benzene rings is 2. The Kier molecular flexibility index (Phi) is 6.04. The van der Waals surface area contributed by atoms with Gasteiger partial charge in [0.25, 0.3) is 0 Å². The fraction of sp³-hybridized carbons (Fsp3) is 0.0345. The van der Waals surface area contributed by atoms with Crippen LogP contribution >= 0.6 is 0 Å². The number of aromatic carboxylic acids is 1. The molecule has 0 amide bonds. The molecule has 0 saturated carbocycles. The van der Waals surface area contributed by atoms with E-state index in [0.29, 0.717) is 11.4 Å². The molecule has 5 rings (SSSR count). The van der Waals surface area contributed by atoms with E-state index in [2.05, 4.69) is 9.97 Å². The van der Waals surface area contributed by atoms with E-state index in [1.54, 1.807) is 30.3 Å². The summed E-state index contributed by atoms with van der Waals surface area (Å²) in [6, 6.07) is 31.2. The molecule has 3 aromatic heterocycles. The van der Waals surface area contributed by atoms with Gasteiger partial charge in [0.2, 0.25) is 11.9 Å². The van der Waals surface area contributed by atoms with Crippen LogP contribution in [0.5, 0.6) is 0 Å². The van der Waals surface area contributed by atoms with Gasteiger partial charge >= 0.3 is 5.97 Å². The first-order valence-corrected chi connectivity index (χ1v) is 11.1. The summed E-state index contributed by atoms with van der Waals surface area (Å²) in [6.45, 7) is 0. The molecule has 0 radical (unpaired) electrons. The minimum atomic E-state index is -1.16. The third-order valence-electron chi connectivity index (χ3n) is 5.99. The van der Waals surface area contributed by atoms with Gasteiger partial charge in [0.15, 0.2) is 0 Å². The minimum Gasteiger partial charge on any atom is -0.477 e. The lowest BCUT2D eigenvalue weighted by Crippen LogP contribution is -2.33. The molecule has 2 aromatic carbocycles. The maximum Gasteiger partial charge on any atom is 0.354 e. The lowest BCUT2D eigenvalue weighted by molar-refractivity contribution is 0.0690. The number of pyridine rings is 3. The molecule has 176 valence electrons. The van der Waals surface area contributed by atoms with Crippen LogP contribution in [0.15, 0.2) is 109 Å². The molecule has 0 aliphatic heterocycles. The average molecular weight is 479 g/mol. The Morgan fingerprint density at radius 3 is 1.81 bits per heavy atom. The average Bonchev–Trinajstić information content (AvgIpc) is 2.91. The number of carbonyl (C=O) groups is 1. The van der Waals surface area contributed by atoms with Gasteiger partial charge in [-0.05, 0) is 47.5 Å². The summed E-state index contributed by atoms with van der Waals surface area (Å²) in [5, 5.41) is 9.68. The highest BCUT2D eigenvalue weighted by molar-refractivity contribution is 5.85.